The molecule has 4 heteroatoms. The summed E-state index contributed by atoms with van der Waals surface area (Å²) in [5.41, 5.74) is -0.1000. The van der Waals surface area contributed by atoms with E-state index in [1.165, 1.54) is 26.4 Å². The first-order valence-corrected chi connectivity index (χ1v) is 11.9. The van der Waals surface area contributed by atoms with E-state index in [1.54, 1.807) is 0 Å². The smallest absolute Gasteiger partial charge is 0.308 e. The van der Waals surface area contributed by atoms with Crippen molar-refractivity contribution in [3.63, 3.8) is 0 Å². The van der Waals surface area contributed by atoms with Crippen molar-refractivity contribution in [3.8, 4) is 0 Å². The van der Waals surface area contributed by atoms with E-state index in [2.05, 4.69) is 13.8 Å². The van der Waals surface area contributed by atoms with Crippen LogP contribution in [0.2, 0.25) is 0 Å². The lowest BCUT2D eigenvalue weighted by molar-refractivity contribution is -0.147. The Balaban J connectivity index is 1.82. The molecule has 0 spiro atoms. The Morgan fingerprint density at radius 1 is 1.11 bits per heavy atom. The Kier molecular flexibility index (Phi) is 7.83. The van der Waals surface area contributed by atoms with Crippen LogP contribution >= 0.6 is 0 Å². The number of carbonyl (C=O) groups is 1. The highest BCUT2D eigenvalue weighted by atomic mass is 16.5. The van der Waals surface area contributed by atoms with Crippen molar-refractivity contribution in [2.24, 2.45) is 29.1 Å². The van der Waals surface area contributed by atoms with Gasteiger partial charge in [0, 0.05) is 5.41 Å². The number of esters is 1. The van der Waals surface area contributed by atoms with Crippen LogP contribution in [0.25, 0.3) is 0 Å². The third-order valence-corrected chi connectivity index (χ3v) is 8.41. The van der Waals surface area contributed by atoms with Gasteiger partial charge in [0.15, 0.2) is 0 Å². The van der Waals surface area contributed by atoms with Crippen LogP contribution < -0.4 is 0 Å². The number of rotatable bonds is 6. The predicted octanol–water partition coefficient (Wildman–Crippen LogP) is 5.12. The van der Waals surface area contributed by atoms with E-state index in [4.69, 9.17) is 9.47 Å². The average molecular weight is 395 g/mol. The third kappa shape index (κ3) is 4.43. The first-order valence-electron chi connectivity index (χ1n) is 11.9. The molecular weight excluding hydrogens is 352 g/mol. The van der Waals surface area contributed by atoms with Crippen LogP contribution in [0.4, 0.5) is 0 Å². The molecule has 3 rings (SSSR count). The van der Waals surface area contributed by atoms with Gasteiger partial charge in [-0.3, -0.25) is 4.79 Å². The molecule has 0 aromatic rings. The molecule has 0 radical (unpaired) electrons. The summed E-state index contributed by atoms with van der Waals surface area (Å²) in [6.45, 7) is 5.20. The van der Waals surface area contributed by atoms with Crippen molar-refractivity contribution in [1.82, 2.24) is 0 Å². The average Bonchev–Trinajstić information content (AvgIpc) is 2.86. The standard InChI is InChI=1S/C24H42O4/c1-4-6-15-24(5-2)16-28-20-10-8-7-9-19(20)21(22(24)25)17-11-13-18(14-12-17)23(26)27-3/h17-22,25H,4-16H2,1-3H3/t17?,18?,19?,20?,21-,22-,24-/m1/s1. The molecule has 162 valence electrons. The van der Waals surface area contributed by atoms with Gasteiger partial charge in [-0.1, -0.05) is 39.5 Å². The summed E-state index contributed by atoms with van der Waals surface area (Å²) in [5.74, 6) is 1.32. The SMILES string of the molecule is CCCC[C@]1(CC)COC2CCCCC2[C@@H](C2CCC(C(=O)OC)CC2)[C@H]1O. The van der Waals surface area contributed by atoms with Crippen molar-refractivity contribution in [2.75, 3.05) is 13.7 Å². The highest BCUT2D eigenvalue weighted by molar-refractivity contribution is 5.72. The minimum atomic E-state index is -0.281. The Labute approximate surface area is 171 Å². The minimum absolute atomic E-state index is 0.0513. The zero-order chi connectivity index (χ0) is 20.1. The molecular formula is C24H42O4. The number of hydrogen-bond acceptors (Lipinski definition) is 4. The quantitative estimate of drug-likeness (QED) is 0.635. The molecule has 0 aromatic heterocycles. The summed E-state index contributed by atoms with van der Waals surface area (Å²) in [5, 5.41) is 11.8. The van der Waals surface area contributed by atoms with Crippen molar-refractivity contribution < 1.29 is 19.4 Å². The Morgan fingerprint density at radius 3 is 2.46 bits per heavy atom. The monoisotopic (exact) mass is 394 g/mol. The fraction of sp³-hybridized carbons (Fsp3) is 0.958. The zero-order valence-electron chi connectivity index (χ0n) is 18.3. The maximum Gasteiger partial charge on any atom is 0.308 e. The van der Waals surface area contributed by atoms with Crippen LogP contribution in [0.1, 0.15) is 90.9 Å². The van der Waals surface area contributed by atoms with Crippen LogP contribution in [0.15, 0.2) is 0 Å². The maximum absolute atomic E-state index is 12.0. The van der Waals surface area contributed by atoms with Crippen molar-refractivity contribution in [3.05, 3.63) is 0 Å². The minimum Gasteiger partial charge on any atom is -0.469 e. The molecule has 1 saturated heterocycles. The lowest BCUT2D eigenvalue weighted by Gasteiger charge is -2.46. The molecule has 5 atom stereocenters. The summed E-state index contributed by atoms with van der Waals surface area (Å²) >= 11 is 0. The highest BCUT2D eigenvalue weighted by Crippen LogP contribution is 2.51. The van der Waals surface area contributed by atoms with E-state index in [0.717, 1.165) is 64.4 Å². The molecule has 28 heavy (non-hydrogen) atoms. The molecule has 1 N–H and O–H groups in total. The van der Waals surface area contributed by atoms with Crippen molar-refractivity contribution in [2.45, 2.75) is 103 Å². The Bertz CT molecular complexity index is 499. The summed E-state index contributed by atoms with van der Waals surface area (Å²) < 4.78 is 11.5. The first-order chi connectivity index (χ1) is 13.6. The number of ether oxygens (including phenoxy) is 2. The van der Waals surface area contributed by atoms with Gasteiger partial charge in [0.2, 0.25) is 0 Å². The van der Waals surface area contributed by atoms with Gasteiger partial charge in [-0.15, -0.1) is 0 Å². The molecule has 2 aliphatic carbocycles. The van der Waals surface area contributed by atoms with E-state index in [0.29, 0.717) is 23.9 Å². The normalized spacial score (nSPS) is 41.7. The molecule has 2 saturated carbocycles. The van der Waals surface area contributed by atoms with Gasteiger partial charge in [-0.25, -0.2) is 0 Å². The number of hydrogen-bond donors (Lipinski definition) is 1. The summed E-state index contributed by atoms with van der Waals surface area (Å²) in [4.78, 5) is 12.0. The van der Waals surface area contributed by atoms with Gasteiger partial charge < -0.3 is 14.6 Å². The lowest BCUT2D eigenvalue weighted by atomic mass is 9.60. The molecule has 0 bridgehead atoms. The van der Waals surface area contributed by atoms with Gasteiger partial charge in [-0.05, 0) is 69.1 Å². The van der Waals surface area contributed by atoms with Crippen LogP contribution in [-0.4, -0.2) is 37.0 Å². The molecule has 2 unspecified atom stereocenters. The fourth-order valence-electron chi connectivity index (χ4n) is 6.52. The van der Waals surface area contributed by atoms with E-state index in [1.807, 2.05) is 0 Å². The van der Waals surface area contributed by atoms with Crippen LogP contribution in [0, 0.1) is 29.1 Å². The van der Waals surface area contributed by atoms with Crippen LogP contribution in [0.5, 0.6) is 0 Å². The molecule has 1 heterocycles. The Morgan fingerprint density at radius 2 is 1.82 bits per heavy atom. The molecule has 0 aromatic carbocycles. The largest absolute Gasteiger partial charge is 0.469 e. The predicted molar refractivity (Wildman–Crippen MR) is 111 cm³/mol. The summed E-state index contributed by atoms with van der Waals surface area (Å²) in [6.07, 6.45) is 13.2. The fourth-order valence-corrected chi connectivity index (χ4v) is 6.52. The highest BCUT2D eigenvalue weighted by Gasteiger charge is 2.51. The van der Waals surface area contributed by atoms with E-state index in [-0.39, 0.29) is 23.4 Å². The molecule has 0 amide bonds. The van der Waals surface area contributed by atoms with Crippen LogP contribution in [-0.2, 0) is 14.3 Å². The second kappa shape index (κ2) is 9.93. The number of unbranched alkanes of at least 4 members (excludes halogenated alkanes) is 1. The molecule has 3 fully saturated rings. The molecule has 4 nitrogen and oxygen atoms in total. The maximum atomic E-state index is 12.0. The van der Waals surface area contributed by atoms with E-state index < -0.39 is 0 Å². The van der Waals surface area contributed by atoms with Gasteiger partial charge in [0.05, 0.1) is 31.8 Å². The first kappa shape index (κ1) is 22.1. The second-order valence-corrected chi connectivity index (χ2v) is 9.77. The lowest BCUT2D eigenvalue weighted by Crippen LogP contribution is -2.47. The van der Waals surface area contributed by atoms with Gasteiger partial charge in [-0.2, -0.15) is 0 Å². The number of aliphatic hydroxyl groups excluding tert-OH is 1. The van der Waals surface area contributed by atoms with Gasteiger partial charge in [0.25, 0.3) is 0 Å². The van der Waals surface area contributed by atoms with Crippen LogP contribution in [0.3, 0.4) is 0 Å². The zero-order valence-corrected chi connectivity index (χ0v) is 18.3. The van der Waals surface area contributed by atoms with E-state index in [9.17, 15) is 9.90 Å². The number of aliphatic hydroxyl groups is 1. The number of methoxy groups -OCH3 is 1. The van der Waals surface area contributed by atoms with Crippen molar-refractivity contribution in [1.29, 1.82) is 0 Å². The van der Waals surface area contributed by atoms with Gasteiger partial charge >= 0.3 is 5.97 Å². The number of fused-ring (bicyclic) bond motifs is 1. The number of carbonyl (C=O) groups excluding carboxylic acids is 1. The Hall–Kier alpha value is -0.610. The third-order valence-electron chi connectivity index (χ3n) is 8.41. The molecule has 1 aliphatic heterocycles. The molecule has 3 aliphatic rings. The summed E-state index contributed by atoms with van der Waals surface area (Å²) in [7, 11) is 1.50. The second-order valence-electron chi connectivity index (χ2n) is 9.77. The van der Waals surface area contributed by atoms with E-state index >= 15 is 0 Å². The van der Waals surface area contributed by atoms with Gasteiger partial charge in [0.1, 0.15) is 0 Å². The summed E-state index contributed by atoms with van der Waals surface area (Å²) in [6, 6.07) is 0. The van der Waals surface area contributed by atoms with Crippen molar-refractivity contribution >= 4 is 5.97 Å². The topological polar surface area (TPSA) is 55.8 Å².